The number of halogens is 4. The van der Waals surface area contributed by atoms with Crippen LogP contribution in [0.1, 0.15) is 248 Å². The van der Waals surface area contributed by atoms with E-state index in [0.717, 1.165) is 149 Å². The third-order valence-electron chi connectivity index (χ3n) is 17.0. The van der Waals surface area contributed by atoms with Gasteiger partial charge in [0.25, 0.3) is 35.4 Å². The molecule has 0 spiro atoms. The highest BCUT2D eigenvalue weighted by molar-refractivity contribution is 6.12. The Labute approximate surface area is 555 Å². The molecule has 0 aliphatic heterocycles. The van der Waals surface area contributed by atoms with Crippen LogP contribution in [0.4, 0.5) is 46.0 Å². The summed E-state index contributed by atoms with van der Waals surface area (Å²) in [4.78, 5) is 89.1. The zero-order chi connectivity index (χ0) is 68.1. The highest BCUT2D eigenvalue weighted by atomic mass is 19.1. The van der Waals surface area contributed by atoms with Crippen molar-refractivity contribution in [3.8, 4) is 0 Å². The molecule has 0 radical (unpaired) electrons. The third kappa shape index (κ3) is 21.3. The van der Waals surface area contributed by atoms with Crippen molar-refractivity contribution in [3.05, 3.63) is 206 Å². The van der Waals surface area contributed by atoms with E-state index < -0.39 is 110 Å². The number of fused-ring (bicyclic) bond motifs is 1. The summed E-state index contributed by atoms with van der Waals surface area (Å²) in [7, 11) is 0. The Morgan fingerprint density at radius 3 is 1.35 bits per heavy atom. The van der Waals surface area contributed by atoms with Crippen molar-refractivity contribution in [2.45, 2.75) is 181 Å². The lowest BCUT2D eigenvalue weighted by Gasteiger charge is -2.24. The van der Waals surface area contributed by atoms with Gasteiger partial charge in [-0.3, -0.25) is 28.8 Å². The maximum atomic E-state index is 16.9. The summed E-state index contributed by atoms with van der Waals surface area (Å²) < 4.78 is 67.2. The molecule has 15 nitrogen and oxygen atoms in total. The van der Waals surface area contributed by atoms with Gasteiger partial charge < -0.3 is 31.5 Å². The lowest BCUT2D eigenvalue weighted by atomic mass is 9.99. The Kier molecular flexibility index (Phi) is 29.3. The minimum absolute atomic E-state index is 0.0225. The number of hydrogen-bond acceptors (Lipinski definition) is 7. The van der Waals surface area contributed by atoms with Crippen LogP contribution in [-0.4, -0.2) is 53.4 Å². The number of nitrogens with zero attached hydrogens (tertiary/aromatic N) is 4. The summed E-state index contributed by atoms with van der Waals surface area (Å²) in [6.45, 7) is 8.97. The van der Waals surface area contributed by atoms with E-state index in [1.54, 1.807) is 11.8 Å². The molecular weight excluding hydrogens is 1210 g/mol. The molecule has 0 unspecified atom stereocenters. The van der Waals surface area contributed by atoms with Gasteiger partial charge in [0.2, 0.25) is 0 Å². The molecule has 7 aromatic rings. The fraction of sp³-hybridized carbons (Fsp3) is 0.395. The van der Waals surface area contributed by atoms with E-state index >= 15 is 17.6 Å². The summed E-state index contributed by atoms with van der Waals surface area (Å²) in [6, 6.07) is 30.3. The molecule has 95 heavy (non-hydrogen) atoms. The quantitative estimate of drug-likeness (QED) is 0.00834. The molecule has 0 fully saturated rings. The van der Waals surface area contributed by atoms with Gasteiger partial charge in [-0.1, -0.05) is 215 Å². The molecule has 0 aliphatic rings. The number of carbonyl (C=O) groups excluding carboxylic acids is 6. The first kappa shape index (κ1) is 73.1. The number of amides is 6. The van der Waals surface area contributed by atoms with Crippen LogP contribution < -0.4 is 26.6 Å². The predicted molar refractivity (Wildman–Crippen MR) is 371 cm³/mol. The number of benzene rings is 7. The Morgan fingerprint density at radius 2 is 0.853 bits per heavy atom. The zero-order valence-corrected chi connectivity index (χ0v) is 55.1. The Balaban J connectivity index is 1.15. The standard InChI is InChI=1S/C76H89F4N9O6/c1-5-8-11-14-17-18-19-20-21-24-33-52-46-63(84-73(92)60-41-31-40-59(67(60)77)72(91)82-51(4)57-39-30-35-53-34-25-26-38-58(53)57)69(79)64(47-52)85-74(93)61-42-32-43-62(68(61)78)75(94)86-66-50-55(49-65(70(66)80)83-71(90)54-36-29-37-56(48-54)87-88-81)76(95)89(44-27-22-15-12-9-6-2)45-28-23-16-13-10-7-3/h25-26,29-32,34-43,46-51H,5-24,27-28,33,44-45H2,1-4H3,(H,82,91)(H,83,90)(H,84,92)(H,85,93)(H,86,94)/t51-/m0/s1. The van der Waals surface area contributed by atoms with Crippen LogP contribution in [-0.2, 0) is 6.42 Å². The molecule has 0 saturated carbocycles. The van der Waals surface area contributed by atoms with E-state index in [1.807, 2.05) is 42.5 Å². The first-order valence-electron chi connectivity index (χ1n) is 33.8. The van der Waals surface area contributed by atoms with Gasteiger partial charge in [0.05, 0.1) is 51.0 Å². The number of hydrogen-bond donors (Lipinski definition) is 5. The van der Waals surface area contributed by atoms with Gasteiger partial charge in [-0.05, 0) is 121 Å². The lowest BCUT2D eigenvalue weighted by molar-refractivity contribution is 0.0747. The van der Waals surface area contributed by atoms with Crippen LogP contribution in [0.3, 0.4) is 0 Å². The molecule has 502 valence electrons. The van der Waals surface area contributed by atoms with Crippen LogP contribution in [0.5, 0.6) is 0 Å². The average Bonchev–Trinajstić information content (AvgIpc) is 0.837. The fourth-order valence-electron chi connectivity index (χ4n) is 11.7. The number of nitrogens with one attached hydrogen (secondary N) is 5. The molecule has 0 aromatic heterocycles. The van der Waals surface area contributed by atoms with Crippen LogP contribution in [0.25, 0.3) is 21.2 Å². The summed E-state index contributed by atoms with van der Waals surface area (Å²) in [5.74, 6) is -10.6. The van der Waals surface area contributed by atoms with Crippen molar-refractivity contribution >= 4 is 74.7 Å². The van der Waals surface area contributed by atoms with Crippen molar-refractivity contribution in [3.63, 3.8) is 0 Å². The van der Waals surface area contributed by atoms with Gasteiger partial charge in [0.1, 0.15) is 11.6 Å². The molecule has 0 bridgehead atoms. The van der Waals surface area contributed by atoms with E-state index in [1.165, 1.54) is 73.9 Å². The second-order valence-electron chi connectivity index (χ2n) is 24.3. The third-order valence-corrected chi connectivity index (χ3v) is 17.0. The number of anilines is 4. The summed E-state index contributed by atoms with van der Waals surface area (Å²) in [5.41, 5.74) is 5.76. The summed E-state index contributed by atoms with van der Waals surface area (Å²) in [6.07, 6.45) is 22.3. The van der Waals surface area contributed by atoms with Crippen molar-refractivity contribution in [1.82, 2.24) is 10.2 Å². The predicted octanol–water partition coefficient (Wildman–Crippen LogP) is 20.5. The number of aryl methyl sites for hydroxylation is 1. The Morgan fingerprint density at radius 1 is 0.442 bits per heavy atom. The molecule has 0 saturated heterocycles. The minimum Gasteiger partial charge on any atom is -0.345 e. The number of unbranched alkanes of at least 4 members (excludes halogenated alkanes) is 19. The smallest absolute Gasteiger partial charge is 0.258 e. The van der Waals surface area contributed by atoms with Crippen molar-refractivity contribution in [2.24, 2.45) is 5.11 Å². The first-order chi connectivity index (χ1) is 46.1. The highest BCUT2D eigenvalue weighted by Crippen LogP contribution is 2.32. The monoisotopic (exact) mass is 1300 g/mol. The van der Waals surface area contributed by atoms with Crippen LogP contribution in [0.15, 0.2) is 133 Å². The zero-order valence-electron chi connectivity index (χ0n) is 55.1. The van der Waals surface area contributed by atoms with Gasteiger partial charge in [-0.25, -0.2) is 17.6 Å². The fourth-order valence-corrected chi connectivity index (χ4v) is 11.7. The summed E-state index contributed by atoms with van der Waals surface area (Å²) in [5, 5.41) is 17.9. The normalized spacial score (nSPS) is 11.4. The van der Waals surface area contributed by atoms with E-state index in [-0.39, 0.29) is 16.8 Å². The molecule has 5 N–H and O–H groups in total. The average molecular weight is 1300 g/mol. The van der Waals surface area contributed by atoms with Gasteiger partial charge in [-0.2, -0.15) is 0 Å². The molecule has 7 rings (SSSR count). The van der Waals surface area contributed by atoms with Crippen LogP contribution in [0.2, 0.25) is 0 Å². The maximum Gasteiger partial charge on any atom is 0.258 e. The topological polar surface area (TPSA) is 215 Å². The molecule has 6 amide bonds. The van der Waals surface area contributed by atoms with Crippen molar-refractivity contribution in [2.75, 3.05) is 34.4 Å². The second kappa shape index (κ2) is 38.1. The first-order valence-corrected chi connectivity index (χ1v) is 33.8. The van der Waals surface area contributed by atoms with E-state index in [4.69, 9.17) is 5.53 Å². The van der Waals surface area contributed by atoms with Gasteiger partial charge in [0, 0.05) is 34.8 Å². The van der Waals surface area contributed by atoms with Gasteiger partial charge in [-0.15, -0.1) is 0 Å². The minimum atomic E-state index is -1.38. The summed E-state index contributed by atoms with van der Waals surface area (Å²) >= 11 is 0. The van der Waals surface area contributed by atoms with Crippen molar-refractivity contribution in [1.29, 1.82) is 0 Å². The highest BCUT2D eigenvalue weighted by Gasteiger charge is 2.28. The molecule has 19 heteroatoms. The Hall–Kier alpha value is -9.35. The molecule has 7 aromatic carbocycles. The van der Waals surface area contributed by atoms with E-state index in [0.29, 0.717) is 44.3 Å². The SMILES string of the molecule is CCCCCCCCCCCCc1cc(NC(=O)c2cccc(C(=O)Nc3cc(C(=O)N(CCCCCCCC)CCCCCCCC)cc(NC(=O)c4cccc(N=[N+]=[N-])c4)c3F)c2F)c(F)c(NC(=O)c2cccc(C(=O)N[C@@H](C)c3cccc4ccccc34)c2F)c1. The van der Waals surface area contributed by atoms with E-state index in [2.05, 4.69) is 57.4 Å². The van der Waals surface area contributed by atoms with Crippen molar-refractivity contribution < 1.29 is 46.3 Å². The largest absolute Gasteiger partial charge is 0.345 e. The number of rotatable bonds is 38. The molecular formula is C76H89F4N9O6. The molecule has 0 heterocycles. The second-order valence-corrected chi connectivity index (χ2v) is 24.3. The van der Waals surface area contributed by atoms with Crippen LogP contribution in [0, 0.1) is 23.3 Å². The van der Waals surface area contributed by atoms with Gasteiger partial charge >= 0.3 is 0 Å². The number of carbonyl (C=O) groups is 6. The molecule has 1 atom stereocenters. The molecule has 0 aliphatic carbocycles. The van der Waals surface area contributed by atoms with Crippen LogP contribution >= 0.6 is 0 Å². The lowest BCUT2D eigenvalue weighted by Crippen LogP contribution is -2.33. The number of azide groups is 1. The Bertz CT molecular complexity index is 3810. The maximum absolute atomic E-state index is 16.9. The van der Waals surface area contributed by atoms with Gasteiger partial charge in [0.15, 0.2) is 11.6 Å². The van der Waals surface area contributed by atoms with E-state index in [9.17, 15) is 28.8 Å².